The van der Waals surface area contributed by atoms with Gasteiger partial charge in [0.2, 0.25) is 0 Å². The first-order chi connectivity index (χ1) is 6.45. The zero-order valence-electron chi connectivity index (χ0n) is 7.15. The molecular formula is C8H7ClF3NO. The Morgan fingerprint density at radius 2 is 2.00 bits per heavy atom. The smallest absolute Gasteiger partial charge is 0.279 e. The van der Waals surface area contributed by atoms with Crippen molar-refractivity contribution >= 4 is 17.3 Å². The molecule has 0 aliphatic rings. The van der Waals surface area contributed by atoms with Gasteiger partial charge >= 0.3 is 6.18 Å². The maximum atomic E-state index is 12.3. The Balaban J connectivity index is 3.09. The van der Waals surface area contributed by atoms with E-state index in [9.17, 15) is 13.2 Å². The van der Waals surface area contributed by atoms with E-state index in [0.29, 0.717) is 0 Å². The minimum atomic E-state index is -4.46. The van der Waals surface area contributed by atoms with Gasteiger partial charge in [-0.3, -0.25) is 10.3 Å². The molecule has 14 heavy (non-hydrogen) atoms. The number of rotatable bonds is 2. The Labute approximate surface area is 83.6 Å². The molecule has 0 radical (unpaired) electrons. The summed E-state index contributed by atoms with van der Waals surface area (Å²) >= 11 is 5.39. The lowest BCUT2D eigenvalue weighted by Gasteiger charge is -2.10. The van der Waals surface area contributed by atoms with Crippen LogP contribution in [0, 0.1) is 0 Å². The monoisotopic (exact) mass is 225 g/mol. The largest absolute Gasteiger partial charge is 0.417 e. The molecule has 0 bridgehead atoms. The fraction of sp³-hybridized carbons (Fsp3) is 0.250. The molecule has 0 amide bonds. The highest BCUT2D eigenvalue weighted by molar-refractivity contribution is 6.31. The first kappa shape index (κ1) is 11.1. The van der Waals surface area contributed by atoms with Gasteiger partial charge < -0.3 is 0 Å². The molecule has 78 valence electrons. The van der Waals surface area contributed by atoms with Crippen molar-refractivity contribution in [3.63, 3.8) is 0 Å². The number of nitrogens with one attached hydrogen (secondary N) is 1. The highest BCUT2D eigenvalue weighted by atomic mass is 35.5. The van der Waals surface area contributed by atoms with Crippen molar-refractivity contribution in [2.45, 2.75) is 6.18 Å². The molecule has 1 rings (SSSR count). The van der Waals surface area contributed by atoms with Gasteiger partial charge in [-0.2, -0.15) is 13.2 Å². The third-order valence-corrected chi connectivity index (χ3v) is 1.82. The predicted molar refractivity (Wildman–Crippen MR) is 47.1 cm³/mol. The van der Waals surface area contributed by atoms with Crippen LogP contribution in [-0.2, 0) is 11.0 Å². The lowest BCUT2D eigenvalue weighted by atomic mass is 10.2. The molecule has 1 aromatic rings. The predicted octanol–water partition coefficient (Wildman–Crippen LogP) is 3.33. The van der Waals surface area contributed by atoms with Gasteiger partial charge in [0.15, 0.2) is 0 Å². The van der Waals surface area contributed by atoms with E-state index >= 15 is 0 Å². The summed E-state index contributed by atoms with van der Waals surface area (Å²) in [6, 6.07) is 3.43. The first-order valence-electron chi connectivity index (χ1n) is 3.61. The van der Waals surface area contributed by atoms with E-state index in [1.807, 2.05) is 0 Å². The van der Waals surface area contributed by atoms with Crippen molar-refractivity contribution in [2.75, 3.05) is 12.6 Å². The second kappa shape index (κ2) is 4.06. The van der Waals surface area contributed by atoms with Gasteiger partial charge in [-0.05, 0) is 18.2 Å². The van der Waals surface area contributed by atoms with Crippen molar-refractivity contribution < 1.29 is 18.0 Å². The average Bonchev–Trinajstić information content (AvgIpc) is 2.07. The maximum Gasteiger partial charge on any atom is 0.417 e. The van der Waals surface area contributed by atoms with Crippen LogP contribution in [0.4, 0.5) is 18.9 Å². The van der Waals surface area contributed by atoms with Crippen LogP contribution >= 0.6 is 11.6 Å². The van der Waals surface area contributed by atoms with Crippen LogP contribution in [0.15, 0.2) is 18.2 Å². The summed E-state index contributed by atoms with van der Waals surface area (Å²) in [6.07, 6.45) is -4.46. The Hall–Kier alpha value is -0.940. The van der Waals surface area contributed by atoms with E-state index in [-0.39, 0.29) is 10.7 Å². The summed E-state index contributed by atoms with van der Waals surface area (Å²) in [7, 11) is 1.31. The molecule has 1 aromatic carbocycles. The van der Waals surface area contributed by atoms with Crippen LogP contribution in [-0.4, -0.2) is 7.11 Å². The van der Waals surface area contributed by atoms with E-state index in [4.69, 9.17) is 11.6 Å². The van der Waals surface area contributed by atoms with Crippen LogP contribution in [0.25, 0.3) is 0 Å². The van der Waals surface area contributed by atoms with Crippen LogP contribution in [0.5, 0.6) is 0 Å². The molecule has 6 heteroatoms. The van der Waals surface area contributed by atoms with Gasteiger partial charge in [0.05, 0.1) is 23.4 Å². The number of anilines is 1. The lowest BCUT2D eigenvalue weighted by molar-refractivity contribution is -0.137. The average molecular weight is 226 g/mol. The molecule has 0 saturated carbocycles. The molecule has 2 nitrogen and oxygen atoms in total. The van der Waals surface area contributed by atoms with Crippen molar-refractivity contribution in [2.24, 2.45) is 0 Å². The van der Waals surface area contributed by atoms with Crippen LogP contribution in [0.3, 0.4) is 0 Å². The van der Waals surface area contributed by atoms with Gasteiger partial charge in [0.1, 0.15) is 0 Å². The topological polar surface area (TPSA) is 21.3 Å². The van der Waals surface area contributed by atoms with E-state index in [0.717, 1.165) is 12.1 Å². The Morgan fingerprint density at radius 3 is 2.50 bits per heavy atom. The van der Waals surface area contributed by atoms with E-state index in [1.54, 1.807) is 0 Å². The van der Waals surface area contributed by atoms with Crippen LogP contribution < -0.4 is 5.48 Å². The molecule has 0 unspecified atom stereocenters. The molecule has 0 saturated heterocycles. The van der Waals surface area contributed by atoms with Gasteiger partial charge in [-0.25, -0.2) is 0 Å². The molecule has 0 atom stereocenters. The Kier molecular flexibility index (Phi) is 3.23. The fourth-order valence-corrected chi connectivity index (χ4v) is 1.15. The quantitative estimate of drug-likeness (QED) is 0.780. The summed E-state index contributed by atoms with van der Waals surface area (Å²) in [5.74, 6) is 0. The summed E-state index contributed by atoms with van der Waals surface area (Å²) in [5, 5.41) is -0.334. The molecule has 0 fully saturated rings. The SMILES string of the molecule is CONc1ccc(Cl)c(C(F)(F)F)c1. The lowest BCUT2D eigenvalue weighted by Crippen LogP contribution is -2.07. The van der Waals surface area contributed by atoms with Crippen LogP contribution in [0.2, 0.25) is 5.02 Å². The number of hydrogen-bond acceptors (Lipinski definition) is 2. The van der Waals surface area contributed by atoms with Gasteiger partial charge in [-0.1, -0.05) is 11.6 Å². The molecule has 0 aliphatic carbocycles. The number of alkyl halides is 3. The third kappa shape index (κ3) is 2.52. The van der Waals surface area contributed by atoms with Crippen molar-refractivity contribution in [3.05, 3.63) is 28.8 Å². The molecular weight excluding hydrogens is 219 g/mol. The normalized spacial score (nSPS) is 11.5. The second-order valence-electron chi connectivity index (χ2n) is 2.50. The maximum absolute atomic E-state index is 12.3. The minimum absolute atomic E-state index is 0.198. The summed E-state index contributed by atoms with van der Waals surface area (Å²) in [6.45, 7) is 0. The molecule has 0 spiro atoms. The summed E-state index contributed by atoms with van der Waals surface area (Å²) in [5.41, 5.74) is 1.60. The summed E-state index contributed by atoms with van der Waals surface area (Å²) < 4.78 is 36.9. The minimum Gasteiger partial charge on any atom is -0.279 e. The first-order valence-corrected chi connectivity index (χ1v) is 3.98. The third-order valence-electron chi connectivity index (χ3n) is 1.49. The zero-order valence-corrected chi connectivity index (χ0v) is 7.91. The molecule has 0 heterocycles. The second-order valence-corrected chi connectivity index (χ2v) is 2.91. The molecule has 0 aromatic heterocycles. The van der Waals surface area contributed by atoms with Crippen molar-refractivity contribution in [3.8, 4) is 0 Å². The number of halogens is 4. The molecule has 1 N–H and O–H groups in total. The van der Waals surface area contributed by atoms with E-state index < -0.39 is 11.7 Å². The fourth-order valence-electron chi connectivity index (χ4n) is 0.924. The highest BCUT2D eigenvalue weighted by Gasteiger charge is 2.33. The Morgan fingerprint density at radius 1 is 1.36 bits per heavy atom. The Bertz CT molecular complexity index is 327. The van der Waals surface area contributed by atoms with Gasteiger partial charge in [0, 0.05) is 0 Å². The van der Waals surface area contributed by atoms with Gasteiger partial charge in [0.25, 0.3) is 0 Å². The number of hydrogen-bond donors (Lipinski definition) is 1. The van der Waals surface area contributed by atoms with E-state index in [2.05, 4.69) is 10.3 Å². The number of benzene rings is 1. The zero-order chi connectivity index (χ0) is 10.8. The van der Waals surface area contributed by atoms with Gasteiger partial charge in [-0.15, -0.1) is 0 Å². The molecule has 0 aliphatic heterocycles. The van der Waals surface area contributed by atoms with Crippen molar-refractivity contribution in [1.82, 2.24) is 0 Å². The van der Waals surface area contributed by atoms with E-state index in [1.165, 1.54) is 13.2 Å². The van der Waals surface area contributed by atoms with Crippen molar-refractivity contribution in [1.29, 1.82) is 0 Å². The summed E-state index contributed by atoms with van der Waals surface area (Å²) in [4.78, 5) is 4.47. The highest BCUT2D eigenvalue weighted by Crippen LogP contribution is 2.36. The standard InChI is InChI=1S/C8H7ClF3NO/c1-14-13-5-2-3-7(9)6(4-5)8(10,11)12/h2-4,13H,1H3. The van der Waals surface area contributed by atoms with Crippen LogP contribution in [0.1, 0.15) is 5.56 Å².